The first-order valence-corrected chi connectivity index (χ1v) is 12.5. The van der Waals surface area contributed by atoms with E-state index in [4.69, 9.17) is 0 Å². The maximum absolute atomic E-state index is 13.6. The first-order chi connectivity index (χ1) is 13.9. The van der Waals surface area contributed by atoms with Gasteiger partial charge in [-0.3, -0.25) is 4.79 Å². The van der Waals surface area contributed by atoms with Gasteiger partial charge >= 0.3 is 0 Å². The molecule has 0 heterocycles. The first-order valence-electron chi connectivity index (χ1n) is 12.5. The Bertz CT molecular complexity index is 773. The highest BCUT2D eigenvalue weighted by molar-refractivity contribution is 5.99. The summed E-state index contributed by atoms with van der Waals surface area (Å²) in [6, 6.07) is 6.45. The summed E-state index contributed by atoms with van der Waals surface area (Å²) in [6.45, 7) is 9.22. The van der Waals surface area contributed by atoms with Crippen LogP contribution in [0, 0.1) is 60.7 Å². The van der Waals surface area contributed by atoms with Crippen LogP contribution in [0.2, 0.25) is 0 Å². The maximum Gasteiger partial charge on any atom is 0.166 e. The van der Waals surface area contributed by atoms with Gasteiger partial charge in [0.15, 0.2) is 5.78 Å². The van der Waals surface area contributed by atoms with E-state index in [1.54, 1.807) is 0 Å². The number of carbonyl (C=O) groups excluding carboxylic acids is 1. The Morgan fingerprint density at radius 3 is 2.34 bits per heavy atom. The number of hydrogen-bond acceptors (Lipinski definition) is 1. The van der Waals surface area contributed by atoms with Crippen molar-refractivity contribution in [1.82, 2.24) is 0 Å². The molecule has 1 heteroatoms. The topological polar surface area (TPSA) is 17.1 Å². The molecule has 8 atom stereocenters. The Labute approximate surface area is 178 Å². The Hall–Kier alpha value is -1.11. The summed E-state index contributed by atoms with van der Waals surface area (Å²) in [7, 11) is 0. The third-order valence-corrected chi connectivity index (χ3v) is 10.0. The molecule has 0 saturated heterocycles. The highest BCUT2D eigenvalue weighted by atomic mass is 16.1. The molecule has 4 saturated carbocycles. The van der Waals surface area contributed by atoms with E-state index in [1.165, 1.54) is 62.5 Å². The predicted octanol–water partition coefficient (Wildman–Crippen LogP) is 7.39. The number of aryl methyl sites for hydroxylation is 2. The van der Waals surface area contributed by atoms with Gasteiger partial charge in [0, 0.05) is 11.5 Å². The minimum Gasteiger partial charge on any atom is -0.294 e. The van der Waals surface area contributed by atoms with Crippen LogP contribution in [0.5, 0.6) is 0 Å². The number of carbonyl (C=O) groups is 1. The Morgan fingerprint density at radius 1 is 0.862 bits per heavy atom. The summed E-state index contributed by atoms with van der Waals surface area (Å²) in [5.74, 6) is 6.32. The smallest absolute Gasteiger partial charge is 0.166 e. The lowest BCUT2D eigenvalue weighted by atomic mass is 9.49. The van der Waals surface area contributed by atoms with Gasteiger partial charge in [-0.1, -0.05) is 37.5 Å². The molecule has 0 aromatic heterocycles. The summed E-state index contributed by atoms with van der Waals surface area (Å²) < 4.78 is 0. The van der Waals surface area contributed by atoms with Crippen molar-refractivity contribution in [1.29, 1.82) is 0 Å². The largest absolute Gasteiger partial charge is 0.294 e. The van der Waals surface area contributed by atoms with Crippen molar-refractivity contribution in [2.45, 2.75) is 85.5 Å². The van der Waals surface area contributed by atoms with Crippen LogP contribution >= 0.6 is 0 Å². The van der Waals surface area contributed by atoms with E-state index >= 15 is 0 Å². The molecule has 1 aromatic carbocycles. The monoisotopic (exact) mass is 392 g/mol. The molecule has 0 spiro atoms. The minimum atomic E-state index is 0.241. The molecule has 4 aliphatic rings. The Morgan fingerprint density at radius 2 is 1.59 bits per heavy atom. The van der Waals surface area contributed by atoms with Crippen LogP contribution in [0.25, 0.3) is 0 Å². The standard InChI is InChI=1S/C28H40O/c1-17-5-7-22-20(14-17)6-8-24-23(22)11-12-28(4)25(24)9-10-26(28)27(29)21-15-18(2)13-19(3)16-21/h13,15-17,20,22-26H,5-12,14H2,1-4H3. The molecular weight excluding hydrogens is 352 g/mol. The van der Waals surface area contributed by atoms with Crippen molar-refractivity contribution in [2.24, 2.45) is 46.8 Å². The van der Waals surface area contributed by atoms with Crippen molar-refractivity contribution in [2.75, 3.05) is 0 Å². The van der Waals surface area contributed by atoms with E-state index in [2.05, 4.69) is 45.9 Å². The van der Waals surface area contributed by atoms with Gasteiger partial charge < -0.3 is 0 Å². The predicted molar refractivity (Wildman–Crippen MR) is 120 cm³/mol. The van der Waals surface area contributed by atoms with Crippen molar-refractivity contribution < 1.29 is 4.79 Å². The summed E-state index contributed by atoms with van der Waals surface area (Å²) in [5.41, 5.74) is 3.66. The lowest BCUT2D eigenvalue weighted by molar-refractivity contribution is -0.0634. The zero-order valence-electron chi connectivity index (χ0n) is 19.0. The molecule has 0 aliphatic heterocycles. The van der Waals surface area contributed by atoms with Crippen LogP contribution in [-0.4, -0.2) is 5.78 Å². The molecule has 0 bridgehead atoms. The van der Waals surface area contributed by atoms with Crippen LogP contribution in [0.1, 0.15) is 93.1 Å². The van der Waals surface area contributed by atoms with Crippen LogP contribution in [0.3, 0.4) is 0 Å². The SMILES string of the molecule is Cc1cc(C)cc(C(=O)C2CCC3C4CCC5CC(C)CCC5C4CCC23C)c1. The first kappa shape index (κ1) is 19.8. The fourth-order valence-corrected chi connectivity index (χ4v) is 8.84. The zero-order chi connectivity index (χ0) is 20.3. The number of benzene rings is 1. The van der Waals surface area contributed by atoms with Gasteiger partial charge in [-0.15, -0.1) is 0 Å². The molecule has 1 aromatic rings. The van der Waals surface area contributed by atoms with Crippen molar-refractivity contribution in [3.05, 3.63) is 34.9 Å². The summed E-state index contributed by atoms with van der Waals surface area (Å²) in [4.78, 5) is 13.6. The van der Waals surface area contributed by atoms with Crippen molar-refractivity contribution >= 4 is 5.78 Å². The molecule has 4 aliphatic carbocycles. The van der Waals surface area contributed by atoms with Gasteiger partial charge in [0.25, 0.3) is 0 Å². The number of rotatable bonds is 2. The highest BCUT2D eigenvalue weighted by Gasteiger charge is 2.58. The third kappa shape index (κ3) is 3.22. The molecular formula is C28H40O. The van der Waals surface area contributed by atoms with Gasteiger partial charge in [-0.05, 0) is 118 Å². The average Bonchev–Trinajstić information content (AvgIpc) is 3.03. The maximum atomic E-state index is 13.6. The minimum absolute atomic E-state index is 0.241. The van der Waals surface area contributed by atoms with E-state index in [0.717, 1.165) is 47.5 Å². The highest BCUT2D eigenvalue weighted by Crippen LogP contribution is 2.64. The average molecular weight is 393 g/mol. The Kier molecular flexibility index (Phi) is 4.95. The molecule has 4 fully saturated rings. The molecule has 0 amide bonds. The van der Waals surface area contributed by atoms with Gasteiger partial charge in [0.1, 0.15) is 0 Å². The zero-order valence-corrected chi connectivity index (χ0v) is 19.0. The van der Waals surface area contributed by atoms with E-state index in [1.807, 2.05) is 0 Å². The normalized spacial score (nSPS) is 43.9. The fourth-order valence-electron chi connectivity index (χ4n) is 8.84. The van der Waals surface area contributed by atoms with Gasteiger partial charge in [0.2, 0.25) is 0 Å². The van der Waals surface area contributed by atoms with E-state index in [9.17, 15) is 4.79 Å². The third-order valence-electron chi connectivity index (χ3n) is 10.0. The quantitative estimate of drug-likeness (QED) is 0.479. The van der Waals surface area contributed by atoms with E-state index in [0.29, 0.717) is 5.78 Å². The van der Waals surface area contributed by atoms with Gasteiger partial charge in [-0.25, -0.2) is 0 Å². The van der Waals surface area contributed by atoms with Crippen LogP contribution in [0.15, 0.2) is 18.2 Å². The molecule has 1 nitrogen and oxygen atoms in total. The molecule has 158 valence electrons. The van der Waals surface area contributed by atoms with Crippen LogP contribution in [-0.2, 0) is 0 Å². The number of Topliss-reactive ketones (excluding diaryl/α,β-unsaturated/α-hetero) is 1. The molecule has 0 N–H and O–H groups in total. The molecule has 0 radical (unpaired) electrons. The van der Waals surface area contributed by atoms with Gasteiger partial charge in [-0.2, -0.15) is 0 Å². The van der Waals surface area contributed by atoms with Crippen molar-refractivity contribution in [3.63, 3.8) is 0 Å². The summed E-state index contributed by atoms with van der Waals surface area (Å²) in [5, 5.41) is 0. The second-order valence-electron chi connectivity index (χ2n) is 11.8. The second-order valence-corrected chi connectivity index (χ2v) is 11.8. The van der Waals surface area contributed by atoms with Gasteiger partial charge in [0.05, 0.1) is 0 Å². The fraction of sp³-hybridized carbons (Fsp3) is 0.750. The molecule has 8 unspecified atom stereocenters. The van der Waals surface area contributed by atoms with Crippen LogP contribution < -0.4 is 0 Å². The van der Waals surface area contributed by atoms with E-state index < -0.39 is 0 Å². The molecule has 5 rings (SSSR count). The van der Waals surface area contributed by atoms with E-state index in [-0.39, 0.29) is 11.3 Å². The lowest BCUT2D eigenvalue weighted by Gasteiger charge is -2.56. The second kappa shape index (κ2) is 7.24. The summed E-state index contributed by atoms with van der Waals surface area (Å²) in [6.07, 6.45) is 12.5. The summed E-state index contributed by atoms with van der Waals surface area (Å²) >= 11 is 0. The number of ketones is 1. The number of fused-ring (bicyclic) bond motifs is 5. The number of hydrogen-bond donors (Lipinski definition) is 0. The Balaban J connectivity index is 1.38. The van der Waals surface area contributed by atoms with Crippen molar-refractivity contribution in [3.8, 4) is 0 Å². The van der Waals surface area contributed by atoms with Crippen LogP contribution in [0.4, 0.5) is 0 Å². The molecule has 29 heavy (non-hydrogen) atoms. The lowest BCUT2D eigenvalue weighted by Crippen LogP contribution is -2.49.